The molecule has 54 heavy (non-hydrogen) atoms. The number of esters is 2. The number of nitrogens with two attached hydrogens (primary N) is 1. The minimum atomic E-state index is -4.41. The SMILES string of the molecule is CC/C=C\C/C=C\CC(O)/C=C/C=C\C/C=C\CCCC(=O)OC[C@H](COP(=O)(O)OCCN)OC(=O)CCCCCCC/C=C\C/C=C\CCCCC. The van der Waals surface area contributed by atoms with Crippen molar-refractivity contribution in [2.24, 2.45) is 5.73 Å². The molecule has 0 aromatic carbocycles. The highest BCUT2D eigenvalue weighted by atomic mass is 31.2. The molecular weight excluding hydrogens is 705 g/mol. The maximum Gasteiger partial charge on any atom is 0.472 e. The number of hydrogen-bond donors (Lipinski definition) is 3. The summed E-state index contributed by atoms with van der Waals surface area (Å²) in [6.45, 7) is 3.38. The lowest BCUT2D eigenvalue weighted by molar-refractivity contribution is -0.161. The molecule has 0 aliphatic rings. The quantitative estimate of drug-likeness (QED) is 0.0184. The van der Waals surface area contributed by atoms with Gasteiger partial charge in [0.05, 0.1) is 19.3 Å². The lowest BCUT2D eigenvalue weighted by atomic mass is 10.1. The Morgan fingerprint density at radius 1 is 0.667 bits per heavy atom. The average Bonchev–Trinajstić information content (AvgIpc) is 3.15. The van der Waals surface area contributed by atoms with Gasteiger partial charge in [-0.25, -0.2) is 4.57 Å². The predicted molar refractivity (Wildman–Crippen MR) is 221 cm³/mol. The van der Waals surface area contributed by atoms with Crippen molar-refractivity contribution in [1.82, 2.24) is 0 Å². The van der Waals surface area contributed by atoms with E-state index in [1.807, 2.05) is 42.5 Å². The van der Waals surface area contributed by atoms with Gasteiger partial charge in [-0.05, 0) is 77.0 Å². The molecule has 0 radical (unpaired) electrons. The largest absolute Gasteiger partial charge is 0.472 e. The molecule has 0 aliphatic carbocycles. The fourth-order valence-corrected chi connectivity index (χ4v) is 5.61. The first-order valence-corrected chi connectivity index (χ1v) is 21.7. The standard InChI is InChI=1S/C43H72NO9P/c1-3-5-7-9-11-12-13-14-15-16-17-18-23-27-31-35-43(47)53-41(39-52-54(48,49)51-37-36-44)38-50-42(46)34-30-26-22-20-19-21-25-29-33-40(45)32-28-24-10-8-6-4-2/h6,8,11-12,14-15,20-22,24-25,28-29,33,40-41,45H,3-5,7,9-10,13,16-19,23,26-27,30-32,34-39,44H2,1-2H3,(H,48,49)/b8-6-,12-11-,15-14-,22-20-,25-21-,28-24-,33-29+/t40?,41-/m1/s1. The molecule has 0 saturated carbocycles. The summed E-state index contributed by atoms with van der Waals surface area (Å²) in [5.74, 6) is -0.962. The van der Waals surface area contributed by atoms with E-state index in [2.05, 4.69) is 50.3 Å². The molecule has 3 atom stereocenters. The highest BCUT2D eigenvalue weighted by molar-refractivity contribution is 7.47. The molecular formula is C43H72NO9P. The molecule has 0 heterocycles. The lowest BCUT2D eigenvalue weighted by Crippen LogP contribution is -2.29. The van der Waals surface area contributed by atoms with E-state index in [-0.39, 0.29) is 32.6 Å². The van der Waals surface area contributed by atoms with Gasteiger partial charge in [0.25, 0.3) is 0 Å². The van der Waals surface area contributed by atoms with Crippen LogP contribution in [-0.4, -0.2) is 60.5 Å². The van der Waals surface area contributed by atoms with Crippen molar-refractivity contribution in [3.8, 4) is 0 Å². The summed E-state index contributed by atoms with van der Waals surface area (Å²) in [5, 5.41) is 9.99. The Hall–Kier alpha value is -2.85. The molecule has 0 spiro atoms. The topological polar surface area (TPSA) is 155 Å². The van der Waals surface area contributed by atoms with Crippen molar-refractivity contribution in [2.45, 2.75) is 148 Å². The van der Waals surface area contributed by atoms with E-state index in [4.69, 9.17) is 24.3 Å². The van der Waals surface area contributed by atoms with Gasteiger partial charge in [-0.1, -0.05) is 131 Å². The molecule has 308 valence electrons. The van der Waals surface area contributed by atoms with E-state index in [1.54, 1.807) is 6.08 Å². The van der Waals surface area contributed by atoms with Crippen LogP contribution in [-0.2, 0) is 32.7 Å². The van der Waals surface area contributed by atoms with Gasteiger partial charge in [0.1, 0.15) is 6.61 Å². The van der Waals surface area contributed by atoms with Gasteiger partial charge in [-0.2, -0.15) is 0 Å². The number of aliphatic hydroxyl groups is 1. The highest BCUT2D eigenvalue weighted by Gasteiger charge is 2.25. The molecule has 0 amide bonds. The van der Waals surface area contributed by atoms with E-state index >= 15 is 0 Å². The molecule has 11 heteroatoms. The smallest absolute Gasteiger partial charge is 0.462 e. The first-order valence-electron chi connectivity index (χ1n) is 20.2. The molecule has 0 rings (SSSR count). The third-order valence-electron chi connectivity index (χ3n) is 7.85. The number of carbonyl (C=O) groups excluding carboxylic acids is 2. The Bertz CT molecular complexity index is 1180. The summed E-state index contributed by atoms with van der Waals surface area (Å²) in [5.41, 5.74) is 5.33. The molecule has 0 aromatic rings. The number of carbonyl (C=O) groups is 2. The summed E-state index contributed by atoms with van der Waals surface area (Å²) >= 11 is 0. The van der Waals surface area contributed by atoms with Crippen LogP contribution >= 0.6 is 7.82 Å². The fourth-order valence-electron chi connectivity index (χ4n) is 4.84. The zero-order valence-corrected chi connectivity index (χ0v) is 34.2. The molecule has 0 saturated heterocycles. The van der Waals surface area contributed by atoms with Gasteiger partial charge in [-0.3, -0.25) is 18.6 Å². The predicted octanol–water partition coefficient (Wildman–Crippen LogP) is 10.2. The fraction of sp³-hybridized carbons (Fsp3) is 0.628. The molecule has 4 N–H and O–H groups in total. The third kappa shape index (κ3) is 37.5. The lowest BCUT2D eigenvalue weighted by Gasteiger charge is -2.19. The van der Waals surface area contributed by atoms with Crippen LogP contribution in [0.25, 0.3) is 0 Å². The maximum atomic E-state index is 12.5. The van der Waals surface area contributed by atoms with Crippen LogP contribution in [0.5, 0.6) is 0 Å². The Balaban J connectivity index is 4.40. The van der Waals surface area contributed by atoms with Crippen molar-refractivity contribution in [3.63, 3.8) is 0 Å². The highest BCUT2D eigenvalue weighted by Crippen LogP contribution is 2.43. The van der Waals surface area contributed by atoms with E-state index < -0.39 is 38.6 Å². The number of phosphoric ester groups is 1. The number of allylic oxidation sites excluding steroid dienone is 12. The second kappa shape index (κ2) is 38.4. The summed E-state index contributed by atoms with van der Waals surface area (Å²) in [4.78, 5) is 34.8. The van der Waals surface area contributed by atoms with Gasteiger partial charge in [0.15, 0.2) is 6.10 Å². The number of phosphoric acid groups is 1. The normalized spacial score (nSPS) is 14.8. The summed E-state index contributed by atoms with van der Waals surface area (Å²) in [6.07, 6.45) is 43.6. The van der Waals surface area contributed by atoms with Gasteiger partial charge < -0.3 is 25.2 Å². The number of unbranched alkanes of at least 4 members (excludes halogenated alkanes) is 9. The summed E-state index contributed by atoms with van der Waals surface area (Å²) in [6, 6.07) is 0. The molecule has 10 nitrogen and oxygen atoms in total. The van der Waals surface area contributed by atoms with Crippen LogP contribution in [0, 0.1) is 0 Å². The minimum Gasteiger partial charge on any atom is -0.462 e. The zero-order valence-electron chi connectivity index (χ0n) is 33.3. The van der Waals surface area contributed by atoms with Gasteiger partial charge in [-0.15, -0.1) is 0 Å². The first-order chi connectivity index (χ1) is 26.2. The average molecular weight is 778 g/mol. The number of hydrogen-bond acceptors (Lipinski definition) is 9. The Labute approximate surface area is 326 Å². The van der Waals surface area contributed by atoms with Crippen LogP contribution in [0.3, 0.4) is 0 Å². The molecule has 0 fully saturated rings. The second-order valence-electron chi connectivity index (χ2n) is 13.0. The third-order valence-corrected chi connectivity index (χ3v) is 8.83. The minimum absolute atomic E-state index is 0.0296. The second-order valence-corrected chi connectivity index (χ2v) is 14.4. The van der Waals surface area contributed by atoms with Gasteiger partial charge >= 0.3 is 19.8 Å². The van der Waals surface area contributed by atoms with Crippen molar-refractivity contribution in [1.29, 1.82) is 0 Å². The van der Waals surface area contributed by atoms with Gasteiger partial charge in [0, 0.05) is 19.4 Å². The number of ether oxygens (including phenoxy) is 2. The summed E-state index contributed by atoms with van der Waals surface area (Å²) in [7, 11) is -4.41. The van der Waals surface area contributed by atoms with Crippen molar-refractivity contribution in [3.05, 3.63) is 85.1 Å². The van der Waals surface area contributed by atoms with Crippen LogP contribution in [0.2, 0.25) is 0 Å². The van der Waals surface area contributed by atoms with Gasteiger partial charge in [0.2, 0.25) is 0 Å². The van der Waals surface area contributed by atoms with E-state index in [1.165, 1.54) is 19.3 Å². The molecule has 0 aliphatic heterocycles. The monoisotopic (exact) mass is 777 g/mol. The molecule has 0 aromatic heterocycles. The van der Waals surface area contributed by atoms with Crippen molar-refractivity contribution in [2.75, 3.05) is 26.4 Å². The summed E-state index contributed by atoms with van der Waals surface area (Å²) < 4.78 is 32.6. The van der Waals surface area contributed by atoms with E-state index in [0.29, 0.717) is 25.7 Å². The van der Waals surface area contributed by atoms with E-state index in [0.717, 1.165) is 64.2 Å². The zero-order chi connectivity index (χ0) is 39.8. The number of aliphatic hydroxyl groups excluding tert-OH is 1. The van der Waals surface area contributed by atoms with Crippen LogP contribution in [0.15, 0.2) is 85.1 Å². The molecule has 2 unspecified atom stereocenters. The van der Waals surface area contributed by atoms with Crippen LogP contribution < -0.4 is 5.73 Å². The Morgan fingerprint density at radius 3 is 1.94 bits per heavy atom. The number of rotatable bonds is 36. The first kappa shape index (κ1) is 51.1. The Kier molecular flexibility index (Phi) is 36.4. The Morgan fingerprint density at radius 2 is 1.26 bits per heavy atom. The van der Waals surface area contributed by atoms with Crippen molar-refractivity contribution >= 4 is 19.8 Å². The van der Waals surface area contributed by atoms with Crippen LogP contribution in [0.4, 0.5) is 0 Å². The maximum absolute atomic E-state index is 12.5. The van der Waals surface area contributed by atoms with E-state index in [9.17, 15) is 24.2 Å². The van der Waals surface area contributed by atoms with Crippen LogP contribution in [0.1, 0.15) is 136 Å². The molecule has 0 bridgehead atoms. The van der Waals surface area contributed by atoms with Crippen molar-refractivity contribution < 1.29 is 42.7 Å².